The van der Waals surface area contributed by atoms with Crippen LogP contribution in [0.2, 0.25) is 0 Å². The first-order valence-corrected chi connectivity index (χ1v) is 18.2. The summed E-state index contributed by atoms with van der Waals surface area (Å²) in [6.07, 6.45) is -0.0884. The van der Waals surface area contributed by atoms with Gasteiger partial charge in [0.05, 0.1) is 38.4 Å². The Balaban J connectivity index is 1.11. The van der Waals surface area contributed by atoms with Gasteiger partial charge in [-0.3, -0.25) is 9.59 Å². The third-order valence-electron chi connectivity index (χ3n) is 9.66. The van der Waals surface area contributed by atoms with Crippen molar-refractivity contribution in [3.8, 4) is 0 Å². The number of ketones is 1. The minimum Gasteiger partial charge on any atom is -0.482 e. The van der Waals surface area contributed by atoms with Gasteiger partial charge in [0, 0.05) is 7.11 Å². The lowest BCUT2D eigenvalue weighted by Crippen LogP contribution is -2.61. The number of cyclic esters (lactones) is 1. The summed E-state index contributed by atoms with van der Waals surface area (Å²) in [5.74, 6) is -1.48. The van der Waals surface area contributed by atoms with E-state index in [1.54, 1.807) is 19.1 Å². The highest BCUT2D eigenvalue weighted by molar-refractivity contribution is 6.01. The maximum absolute atomic E-state index is 13.6. The molecule has 3 aliphatic heterocycles. The number of amides is 2. The number of hydrogen-bond acceptors (Lipinski definition) is 11. The molecule has 0 saturated carbocycles. The molecule has 286 valence electrons. The van der Waals surface area contributed by atoms with E-state index in [0.29, 0.717) is 18.6 Å². The Morgan fingerprint density at radius 1 is 0.852 bits per heavy atom. The summed E-state index contributed by atoms with van der Waals surface area (Å²) < 4.78 is 42.3. The molecule has 54 heavy (non-hydrogen) atoms. The molecule has 6 rings (SSSR count). The van der Waals surface area contributed by atoms with Crippen LogP contribution in [-0.2, 0) is 62.4 Å². The van der Waals surface area contributed by atoms with E-state index in [0.717, 1.165) is 21.6 Å². The van der Waals surface area contributed by atoms with Crippen LogP contribution >= 0.6 is 0 Å². The molecule has 3 aromatic rings. The van der Waals surface area contributed by atoms with Crippen LogP contribution in [0.1, 0.15) is 30.0 Å². The highest BCUT2D eigenvalue weighted by Gasteiger charge is 2.48. The van der Waals surface area contributed by atoms with E-state index < -0.39 is 60.8 Å². The largest absolute Gasteiger partial charge is 0.482 e. The summed E-state index contributed by atoms with van der Waals surface area (Å²) in [5.41, 5.74) is 2.87. The molecule has 12 heteroatoms. The summed E-state index contributed by atoms with van der Waals surface area (Å²) in [6, 6.07) is 28.4. The fraction of sp³-hybridized carbons (Fsp3) is 0.405. The fourth-order valence-electron chi connectivity index (χ4n) is 6.80. The van der Waals surface area contributed by atoms with Crippen LogP contribution < -0.4 is 0 Å². The molecule has 0 unspecified atom stereocenters. The minimum absolute atomic E-state index is 0.0748. The molecule has 8 atom stereocenters. The lowest BCUT2D eigenvalue weighted by Gasteiger charge is -2.45. The number of allylic oxidation sites excluding steroid dienone is 1. The van der Waals surface area contributed by atoms with Crippen LogP contribution in [0.4, 0.5) is 4.79 Å². The van der Waals surface area contributed by atoms with Crippen LogP contribution in [-0.4, -0.2) is 97.6 Å². The zero-order valence-electron chi connectivity index (χ0n) is 30.4. The van der Waals surface area contributed by atoms with Crippen molar-refractivity contribution < 1.29 is 52.6 Å². The van der Waals surface area contributed by atoms with Gasteiger partial charge in [-0.05, 0) is 54.7 Å². The highest BCUT2D eigenvalue weighted by Crippen LogP contribution is 2.31. The van der Waals surface area contributed by atoms with Crippen molar-refractivity contribution in [2.45, 2.75) is 75.8 Å². The predicted molar refractivity (Wildman–Crippen MR) is 196 cm³/mol. The van der Waals surface area contributed by atoms with E-state index in [-0.39, 0.29) is 38.8 Å². The monoisotopic (exact) mass is 741 g/mol. The van der Waals surface area contributed by atoms with Gasteiger partial charge in [0.1, 0.15) is 36.8 Å². The van der Waals surface area contributed by atoms with Gasteiger partial charge in [-0.25, -0.2) is 9.69 Å². The molecule has 2 amide bonds. The van der Waals surface area contributed by atoms with Crippen LogP contribution in [0.3, 0.4) is 0 Å². The van der Waals surface area contributed by atoms with Gasteiger partial charge in [-0.15, -0.1) is 0 Å². The maximum Gasteiger partial charge on any atom is 0.416 e. The van der Waals surface area contributed by atoms with E-state index >= 15 is 0 Å². The third kappa shape index (κ3) is 9.69. The quantitative estimate of drug-likeness (QED) is 0.200. The molecule has 3 aliphatic rings. The second kappa shape index (κ2) is 19.1. The van der Waals surface area contributed by atoms with Crippen LogP contribution in [0.5, 0.6) is 0 Å². The first kappa shape index (κ1) is 39.0. The molecule has 0 aromatic heterocycles. The Kier molecular flexibility index (Phi) is 13.8. The van der Waals surface area contributed by atoms with Gasteiger partial charge in [0.25, 0.3) is 0 Å². The van der Waals surface area contributed by atoms with E-state index in [4.69, 9.17) is 33.2 Å². The molecule has 0 radical (unpaired) electrons. The second-order valence-electron chi connectivity index (χ2n) is 13.4. The average molecular weight is 742 g/mol. The number of carbonyl (C=O) groups is 3. The van der Waals surface area contributed by atoms with Gasteiger partial charge >= 0.3 is 6.09 Å². The molecule has 2 saturated heterocycles. The first-order valence-electron chi connectivity index (χ1n) is 18.2. The van der Waals surface area contributed by atoms with Crippen molar-refractivity contribution in [2.24, 2.45) is 5.92 Å². The van der Waals surface area contributed by atoms with Crippen molar-refractivity contribution in [1.82, 2.24) is 4.90 Å². The fourth-order valence-corrected chi connectivity index (χ4v) is 6.80. The van der Waals surface area contributed by atoms with E-state index in [1.165, 1.54) is 13.2 Å². The number of rotatable bonds is 16. The van der Waals surface area contributed by atoms with E-state index in [1.807, 2.05) is 91.0 Å². The van der Waals surface area contributed by atoms with Crippen LogP contribution in [0.15, 0.2) is 115 Å². The Hall–Kier alpha value is -4.69. The normalized spacial score (nSPS) is 26.8. The average Bonchev–Trinajstić information content (AvgIpc) is 3.57. The number of aliphatic hydroxyl groups excluding tert-OH is 1. The summed E-state index contributed by atoms with van der Waals surface area (Å²) >= 11 is 0. The number of carbonyl (C=O) groups excluding carboxylic acids is 3. The van der Waals surface area contributed by atoms with Gasteiger partial charge in [-0.2, -0.15) is 0 Å². The molecule has 0 spiro atoms. The molecule has 2 fully saturated rings. The third-order valence-corrected chi connectivity index (χ3v) is 9.66. The smallest absolute Gasteiger partial charge is 0.416 e. The lowest BCUT2D eigenvalue weighted by molar-refractivity contribution is -0.319. The molecule has 3 heterocycles. The van der Waals surface area contributed by atoms with Gasteiger partial charge in [-0.1, -0.05) is 91.0 Å². The highest BCUT2D eigenvalue weighted by atomic mass is 16.7. The molecule has 0 aliphatic carbocycles. The summed E-state index contributed by atoms with van der Waals surface area (Å²) in [7, 11) is 1.50. The Morgan fingerprint density at radius 2 is 1.46 bits per heavy atom. The second-order valence-corrected chi connectivity index (χ2v) is 13.4. The minimum atomic E-state index is -1.13. The SMILES string of the molecule is CO[C@H]1O[C@H](CO)[C@@H](OCc2ccccc2)[C@H](OCc2ccccc2)[C@@H]1OCCC=C1C=CC(=O)[C@@H]([C@@H](C)C(=O)N2C(=O)OC[C@H]2Cc2ccccc2)O1. The summed E-state index contributed by atoms with van der Waals surface area (Å²) in [6.45, 7) is 2.05. The summed E-state index contributed by atoms with van der Waals surface area (Å²) in [5, 5.41) is 10.3. The molecular formula is C42H47NO11. The Labute approximate surface area is 315 Å². The summed E-state index contributed by atoms with van der Waals surface area (Å²) in [4.78, 5) is 40.4. The van der Waals surface area contributed by atoms with Crippen molar-refractivity contribution in [2.75, 3.05) is 26.9 Å². The molecular weight excluding hydrogens is 694 g/mol. The number of nitrogens with zero attached hydrogens (tertiary/aromatic N) is 1. The van der Waals surface area contributed by atoms with Crippen LogP contribution in [0, 0.1) is 5.92 Å². The molecule has 1 N–H and O–H groups in total. The predicted octanol–water partition coefficient (Wildman–Crippen LogP) is 4.93. The Morgan fingerprint density at radius 3 is 2.07 bits per heavy atom. The number of methoxy groups -OCH3 is 1. The topological polar surface area (TPSA) is 139 Å². The lowest BCUT2D eigenvalue weighted by atomic mass is 9.96. The van der Waals surface area contributed by atoms with Gasteiger partial charge in [0.15, 0.2) is 18.2 Å². The first-order chi connectivity index (χ1) is 26.4. The van der Waals surface area contributed by atoms with Gasteiger partial charge < -0.3 is 38.3 Å². The zero-order valence-corrected chi connectivity index (χ0v) is 30.4. The molecule has 3 aromatic carbocycles. The Bertz CT molecular complexity index is 1730. The zero-order chi connectivity index (χ0) is 37.9. The molecule has 0 bridgehead atoms. The van der Waals surface area contributed by atoms with E-state index in [9.17, 15) is 19.5 Å². The maximum atomic E-state index is 13.6. The van der Waals surface area contributed by atoms with E-state index in [2.05, 4.69) is 0 Å². The van der Waals surface area contributed by atoms with Crippen molar-refractivity contribution >= 4 is 17.8 Å². The molecule has 12 nitrogen and oxygen atoms in total. The number of benzene rings is 3. The van der Waals surface area contributed by atoms with Gasteiger partial charge in [0.2, 0.25) is 5.91 Å². The number of imide groups is 1. The van der Waals surface area contributed by atoms with Crippen molar-refractivity contribution in [3.63, 3.8) is 0 Å². The standard InChI is InChI=1S/C42H47NO11/c1-28(40(46)43-32(27-52-42(43)47)23-29-13-6-3-7-14-29)36-34(45)21-20-33(53-36)19-12-22-49-39-38(51-26-31-17-10-5-11-18-31)37(35(24-44)54-41(39)48-2)50-25-30-15-8-4-9-16-30/h3-11,13-21,28,32,35-39,41,44H,12,22-27H2,1-2H3/t28-,32-,35-,36-,37-,38+,39+,41+/m1/s1. The van der Waals surface area contributed by atoms with Crippen molar-refractivity contribution in [3.05, 3.63) is 132 Å². The number of aliphatic hydroxyl groups is 1. The number of hydrogen-bond donors (Lipinski definition) is 1. The van der Waals surface area contributed by atoms with Crippen molar-refractivity contribution in [1.29, 1.82) is 0 Å². The number of ether oxygens (including phenoxy) is 7. The van der Waals surface area contributed by atoms with Crippen LogP contribution in [0.25, 0.3) is 0 Å².